The van der Waals surface area contributed by atoms with Crippen LogP contribution in [0.25, 0.3) is 0 Å². The number of amides is 2. The van der Waals surface area contributed by atoms with Crippen molar-refractivity contribution in [3.05, 3.63) is 0 Å². The molecule has 1 rings (SSSR count). The molecule has 1 aliphatic rings. The van der Waals surface area contributed by atoms with Crippen molar-refractivity contribution in [2.45, 2.75) is 25.3 Å². The summed E-state index contributed by atoms with van der Waals surface area (Å²) in [6.07, 6.45) is 2.27. The maximum absolute atomic E-state index is 11.2. The first-order valence-corrected chi connectivity index (χ1v) is 5.01. The van der Waals surface area contributed by atoms with Crippen molar-refractivity contribution >= 4 is 12.0 Å². The molecular weight excluding hydrogens is 200 g/mol. The van der Waals surface area contributed by atoms with Crippen LogP contribution in [0.1, 0.15) is 19.3 Å². The number of carbonyl (C=O) groups is 2. The Balaban J connectivity index is 2.22. The van der Waals surface area contributed by atoms with Gasteiger partial charge >= 0.3 is 12.0 Å². The van der Waals surface area contributed by atoms with Crippen LogP contribution in [0.5, 0.6) is 0 Å². The topological polar surface area (TPSA) is 98.7 Å². The number of nitrogens with one attached hydrogen (secondary N) is 2. The predicted molar refractivity (Wildman–Crippen MR) is 52.4 cm³/mol. The van der Waals surface area contributed by atoms with Crippen molar-refractivity contribution in [2.75, 3.05) is 13.2 Å². The van der Waals surface area contributed by atoms with Gasteiger partial charge < -0.3 is 20.8 Å². The number of rotatable bonds is 6. The number of aliphatic hydroxyl groups excluding tert-OH is 1. The molecule has 0 aliphatic heterocycles. The summed E-state index contributed by atoms with van der Waals surface area (Å²) in [5.41, 5.74) is 0. The molecule has 0 saturated heterocycles. The molecule has 1 unspecified atom stereocenters. The third-order valence-corrected chi connectivity index (χ3v) is 2.27. The fourth-order valence-electron chi connectivity index (χ4n) is 1.15. The molecule has 1 atom stereocenters. The normalized spacial score (nSPS) is 16.9. The molecule has 1 fully saturated rings. The van der Waals surface area contributed by atoms with Gasteiger partial charge in [0.25, 0.3) is 0 Å². The number of carbonyl (C=O) groups excluding carboxylic acids is 1. The summed E-state index contributed by atoms with van der Waals surface area (Å²) in [5.74, 6) is -0.581. The highest BCUT2D eigenvalue weighted by molar-refractivity contribution is 5.82. The number of aliphatic carboxylic acids is 1. The van der Waals surface area contributed by atoms with E-state index in [1.54, 1.807) is 0 Å². The van der Waals surface area contributed by atoms with Crippen LogP contribution in [0.15, 0.2) is 0 Å². The van der Waals surface area contributed by atoms with E-state index in [-0.39, 0.29) is 13.0 Å². The Labute approximate surface area is 87.7 Å². The summed E-state index contributed by atoms with van der Waals surface area (Å²) in [6, 6.07) is -1.50. The zero-order valence-corrected chi connectivity index (χ0v) is 8.40. The molecule has 0 heterocycles. The fraction of sp³-hybridized carbons (Fsp3) is 0.778. The summed E-state index contributed by atoms with van der Waals surface area (Å²) in [6.45, 7) is 0.331. The van der Waals surface area contributed by atoms with Gasteiger partial charge in [-0.1, -0.05) is 0 Å². The minimum atomic E-state index is -1.13. The van der Waals surface area contributed by atoms with Gasteiger partial charge in [0.05, 0.1) is 0 Å². The molecule has 0 aromatic carbocycles. The van der Waals surface area contributed by atoms with E-state index in [1.807, 2.05) is 0 Å². The van der Waals surface area contributed by atoms with Crippen molar-refractivity contribution in [1.82, 2.24) is 10.6 Å². The van der Waals surface area contributed by atoms with Crippen molar-refractivity contribution in [3.63, 3.8) is 0 Å². The first-order chi connectivity index (χ1) is 7.13. The molecular formula is C9H16N2O4. The van der Waals surface area contributed by atoms with Crippen LogP contribution in [-0.2, 0) is 4.79 Å². The summed E-state index contributed by atoms with van der Waals surface area (Å²) < 4.78 is 0. The van der Waals surface area contributed by atoms with E-state index in [9.17, 15) is 9.59 Å². The van der Waals surface area contributed by atoms with Crippen molar-refractivity contribution in [2.24, 2.45) is 5.92 Å². The number of carboxylic acid groups (broad SMARTS) is 1. The molecule has 0 spiro atoms. The Bertz CT molecular complexity index is 240. The van der Waals surface area contributed by atoms with Gasteiger partial charge in [-0.2, -0.15) is 0 Å². The predicted octanol–water partition coefficient (Wildman–Crippen LogP) is -0.469. The van der Waals surface area contributed by atoms with Crippen LogP contribution in [0.3, 0.4) is 0 Å². The third-order valence-electron chi connectivity index (χ3n) is 2.27. The van der Waals surface area contributed by atoms with Gasteiger partial charge in [-0.05, 0) is 18.8 Å². The van der Waals surface area contributed by atoms with Gasteiger partial charge in [-0.3, -0.25) is 0 Å². The monoisotopic (exact) mass is 216 g/mol. The van der Waals surface area contributed by atoms with E-state index in [1.165, 1.54) is 0 Å². The standard InChI is InChI=1S/C9H16N2O4/c12-4-3-7(8(13)14)11-9(15)10-5-6-1-2-6/h6-7,12H,1-5H2,(H,13,14)(H2,10,11,15). The lowest BCUT2D eigenvalue weighted by atomic mass is 10.2. The maximum atomic E-state index is 11.2. The van der Waals surface area contributed by atoms with E-state index in [2.05, 4.69) is 10.6 Å². The van der Waals surface area contributed by atoms with Gasteiger partial charge in [-0.25, -0.2) is 9.59 Å². The zero-order chi connectivity index (χ0) is 11.3. The van der Waals surface area contributed by atoms with Gasteiger partial charge in [0.15, 0.2) is 0 Å². The molecule has 1 saturated carbocycles. The van der Waals surface area contributed by atoms with E-state index in [0.29, 0.717) is 12.5 Å². The number of urea groups is 1. The molecule has 86 valence electrons. The van der Waals surface area contributed by atoms with Crippen LogP contribution in [0.4, 0.5) is 4.79 Å². The van der Waals surface area contributed by atoms with Gasteiger partial charge in [0.1, 0.15) is 6.04 Å². The fourth-order valence-corrected chi connectivity index (χ4v) is 1.15. The van der Waals surface area contributed by atoms with Crippen molar-refractivity contribution in [1.29, 1.82) is 0 Å². The highest BCUT2D eigenvalue weighted by Crippen LogP contribution is 2.27. The number of aliphatic hydroxyl groups is 1. The third kappa shape index (κ3) is 4.64. The van der Waals surface area contributed by atoms with Crippen LogP contribution < -0.4 is 10.6 Å². The number of hydrogen-bond acceptors (Lipinski definition) is 3. The Kier molecular flexibility index (Phi) is 4.36. The number of hydrogen-bond donors (Lipinski definition) is 4. The lowest BCUT2D eigenvalue weighted by Crippen LogP contribution is -2.46. The maximum Gasteiger partial charge on any atom is 0.326 e. The Morgan fingerprint density at radius 3 is 2.53 bits per heavy atom. The first-order valence-electron chi connectivity index (χ1n) is 5.01. The zero-order valence-electron chi connectivity index (χ0n) is 8.40. The Morgan fingerprint density at radius 2 is 2.07 bits per heavy atom. The second kappa shape index (κ2) is 5.55. The summed E-state index contributed by atoms with van der Waals surface area (Å²) >= 11 is 0. The summed E-state index contributed by atoms with van der Waals surface area (Å²) in [4.78, 5) is 21.8. The van der Waals surface area contributed by atoms with E-state index >= 15 is 0 Å². The van der Waals surface area contributed by atoms with Crippen LogP contribution in [0.2, 0.25) is 0 Å². The Morgan fingerprint density at radius 1 is 1.40 bits per heavy atom. The van der Waals surface area contributed by atoms with Crippen LogP contribution in [-0.4, -0.2) is 41.4 Å². The van der Waals surface area contributed by atoms with E-state index < -0.39 is 18.0 Å². The average molecular weight is 216 g/mol. The Hall–Kier alpha value is -1.30. The minimum absolute atomic E-state index is 0.0200. The van der Waals surface area contributed by atoms with Crippen molar-refractivity contribution in [3.8, 4) is 0 Å². The van der Waals surface area contributed by atoms with Crippen molar-refractivity contribution < 1.29 is 19.8 Å². The van der Waals surface area contributed by atoms with E-state index in [4.69, 9.17) is 10.2 Å². The second-order valence-electron chi connectivity index (χ2n) is 3.70. The van der Waals surface area contributed by atoms with Crippen LogP contribution in [0, 0.1) is 5.92 Å². The highest BCUT2D eigenvalue weighted by atomic mass is 16.4. The van der Waals surface area contributed by atoms with Gasteiger partial charge in [0, 0.05) is 19.6 Å². The molecule has 1 aliphatic carbocycles. The molecule has 15 heavy (non-hydrogen) atoms. The number of carboxylic acids is 1. The minimum Gasteiger partial charge on any atom is -0.480 e. The second-order valence-corrected chi connectivity index (χ2v) is 3.70. The van der Waals surface area contributed by atoms with E-state index in [0.717, 1.165) is 12.8 Å². The smallest absolute Gasteiger partial charge is 0.326 e. The molecule has 4 N–H and O–H groups in total. The largest absolute Gasteiger partial charge is 0.480 e. The molecule has 0 bridgehead atoms. The molecule has 2 amide bonds. The first kappa shape index (κ1) is 11.8. The summed E-state index contributed by atoms with van der Waals surface area (Å²) in [7, 11) is 0. The quantitative estimate of drug-likeness (QED) is 0.482. The summed E-state index contributed by atoms with van der Waals surface area (Å²) in [5, 5.41) is 22.2. The molecule has 0 aromatic rings. The molecule has 6 heteroatoms. The van der Waals surface area contributed by atoms with Gasteiger partial charge in [-0.15, -0.1) is 0 Å². The molecule has 0 aromatic heterocycles. The molecule has 6 nitrogen and oxygen atoms in total. The lowest BCUT2D eigenvalue weighted by Gasteiger charge is -2.13. The van der Waals surface area contributed by atoms with Crippen LogP contribution >= 0.6 is 0 Å². The average Bonchev–Trinajstić information content (AvgIpc) is 2.97. The highest BCUT2D eigenvalue weighted by Gasteiger charge is 2.23. The lowest BCUT2D eigenvalue weighted by molar-refractivity contribution is -0.139. The SMILES string of the molecule is O=C(NCC1CC1)NC(CCO)C(=O)O. The molecule has 0 radical (unpaired) electrons. The van der Waals surface area contributed by atoms with Gasteiger partial charge in [0.2, 0.25) is 0 Å².